The minimum Gasteiger partial charge on any atom is -0.338 e. The molecule has 0 radical (unpaired) electrons. The van der Waals surface area contributed by atoms with Crippen LogP contribution in [0.4, 0.5) is 4.79 Å². The van der Waals surface area contributed by atoms with Gasteiger partial charge in [0.1, 0.15) is 5.82 Å². The molecule has 0 unspecified atom stereocenters. The second-order valence-corrected chi connectivity index (χ2v) is 6.87. The summed E-state index contributed by atoms with van der Waals surface area (Å²) >= 11 is 0. The number of rotatable bonds is 6. The van der Waals surface area contributed by atoms with Gasteiger partial charge >= 0.3 is 6.03 Å². The fourth-order valence-corrected chi connectivity index (χ4v) is 3.37. The first-order valence-electron chi connectivity index (χ1n) is 8.88. The molecule has 0 spiro atoms. The fourth-order valence-electron chi connectivity index (χ4n) is 3.37. The molecule has 1 aliphatic rings. The maximum Gasteiger partial charge on any atom is 0.315 e. The summed E-state index contributed by atoms with van der Waals surface area (Å²) < 4.78 is 1.97. The number of amides is 2. The Morgan fingerprint density at radius 1 is 1.28 bits per heavy atom. The monoisotopic (exact) mass is 341 g/mol. The zero-order chi connectivity index (χ0) is 17.6. The molecular weight excluding hydrogens is 314 g/mol. The van der Waals surface area contributed by atoms with E-state index in [1.807, 2.05) is 23.9 Å². The third-order valence-corrected chi connectivity index (χ3v) is 4.81. The van der Waals surface area contributed by atoms with E-state index in [2.05, 4.69) is 51.7 Å². The predicted molar refractivity (Wildman–Crippen MR) is 98.1 cm³/mol. The molecule has 134 valence electrons. The van der Waals surface area contributed by atoms with Crippen molar-refractivity contribution in [2.75, 3.05) is 19.6 Å². The van der Waals surface area contributed by atoms with Crippen LogP contribution in [0, 0.1) is 5.92 Å². The van der Waals surface area contributed by atoms with Crippen LogP contribution in [0.15, 0.2) is 42.7 Å². The number of carbonyl (C=O) groups excluding carboxylic acids is 1. The highest BCUT2D eigenvalue weighted by Crippen LogP contribution is 2.18. The SMILES string of the molecule is C[C@H]1CN(Cc2ccccc2)C[C@@H]1NC(=O)NCCc1nccn1C. The van der Waals surface area contributed by atoms with Crippen LogP contribution >= 0.6 is 0 Å². The van der Waals surface area contributed by atoms with Crippen LogP contribution in [0.1, 0.15) is 18.3 Å². The molecule has 1 aliphatic heterocycles. The van der Waals surface area contributed by atoms with E-state index < -0.39 is 0 Å². The Morgan fingerprint density at radius 3 is 2.80 bits per heavy atom. The molecule has 1 fully saturated rings. The smallest absolute Gasteiger partial charge is 0.315 e. The summed E-state index contributed by atoms with van der Waals surface area (Å²) in [7, 11) is 1.96. The Labute approximate surface area is 149 Å². The van der Waals surface area contributed by atoms with Crippen LogP contribution in [0.2, 0.25) is 0 Å². The molecule has 0 aliphatic carbocycles. The number of likely N-dealkylation sites (tertiary alicyclic amines) is 1. The maximum atomic E-state index is 12.2. The highest BCUT2D eigenvalue weighted by Gasteiger charge is 2.30. The van der Waals surface area contributed by atoms with Gasteiger partial charge in [-0.2, -0.15) is 0 Å². The fraction of sp³-hybridized carbons (Fsp3) is 0.474. The molecule has 6 nitrogen and oxygen atoms in total. The molecule has 2 atom stereocenters. The lowest BCUT2D eigenvalue weighted by molar-refractivity contribution is 0.234. The van der Waals surface area contributed by atoms with Gasteiger partial charge in [-0.3, -0.25) is 4.90 Å². The van der Waals surface area contributed by atoms with Crippen molar-refractivity contribution in [2.45, 2.75) is 25.9 Å². The second-order valence-electron chi connectivity index (χ2n) is 6.87. The average molecular weight is 341 g/mol. The van der Waals surface area contributed by atoms with E-state index in [-0.39, 0.29) is 12.1 Å². The van der Waals surface area contributed by atoms with E-state index in [0.29, 0.717) is 12.5 Å². The molecule has 0 saturated carbocycles. The summed E-state index contributed by atoms with van der Waals surface area (Å²) in [6.45, 7) is 5.62. The molecule has 3 rings (SSSR count). The van der Waals surface area contributed by atoms with Crippen LogP contribution in [-0.4, -0.2) is 46.2 Å². The van der Waals surface area contributed by atoms with Crippen molar-refractivity contribution in [2.24, 2.45) is 13.0 Å². The van der Waals surface area contributed by atoms with Crippen LogP contribution in [-0.2, 0) is 20.0 Å². The normalized spacial score (nSPS) is 20.6. The van der Waals surface area contributed by atoms with E-state index in [1.165, 1.54) is 5.56 Å². The molecule has 25 heavy (non-hydrogen) atoms. The van der Waals surface area contributed by atoms with Crippen molar-refractivity contribution in [3.05, 3.63) is 54.1 Å². The second kappa shape index (κ2) is 8.16. The van der Waals surface area contributed by atoms with Crippen LogP contribution in [0.5, 0.6) is 0 Å². The number of urea groups is 1. The van der Waals surface area contributed by atoms with Crippen LogP contribution < -0.4 is 10.6 Å². The van der Waals surface area contributed by atoms with Gasteiger partial charge in [0.2, 0.25) is 0 Å². The van der Waals surface area contributed by atoms with Gasteiger partial charge in [-0.05, 0) is 11.5 Å². The molecule has 1 saturated heterocycles. The summed E-state index contributed by atoms with van der Waals surface area (Å²) in [5.74, 6) is 1.42. The molecule has 0 bridgehead atoms. The first kappa shape index (κ1) is 17.5. The summed E-state index contributed by atoms with van der Waals surface area (Å²) in [6, 6.07) is 10.6. The number of nitrogens with one attached hydrogen (secondary N) is 2. The van der Waals surface area contributed by atoms with E-state index in [1.54, 1.807) is 6.20 Å². The quantitative estimate of drug-likeness (QED) is 0.842. The third kappa shape index (κ3) is 4.82. The maximum absolute atomic E-state index is 12.2. The number of nitrogens with zero attached hydrogens (tertiary/aromatic N) is 3. The average Bonchev–Trinajstić information content (AvgIpc) is 3.14. The Bertz CT molecular complexity index is 684. The Kier molecular flexibility index (Phi) is 5.71. The van der Waals surface area contributed by atoms with E-state index in [4.69, 9.17) is 0 Å². The van der Waals surface area contributed by atoms with Gasteiger partial charge in [-0.25, -0.2) is 9.78 Å². The largest absolute Gasteiger partial charge is 0.338 e. The molecule has 1 aromatic carbocycles. The number of aromatic nitrogens is 2. The van der Waals surface area contributed by atoms with Crippen molar-refractivity contribution in [1.82, 2.24) is 25.1 Å². The van der Waals surface area contributed by atoms with E-state index >= 15 is 0 Å². The lowest BCUT2D eigenvalue weighted by Gasteiger charge is -2.18. The zero-order valence-electron chi connectivity index (χ0n) is 15.0. The first-order valence-corrected chi connectivity index (χ1v) is 8.88. The van der Waals surface area contributed by atoms with Crippen molar-refractivity contribution in [1.29, 1.82) is 0 Å². The topological polar surface area (TPSA) is 62.2 Å². The number of hydrogen-bond acceptors (Lipinski definition) is 3. The minimum absolute atomic E-state index is 0.0902. The van der Waals surface area contributed by atoms with Gasteiger partial charge < -0.3 is 15.2 Å². The van der Waals surface area contributed by atoms with Gasteiger partial charge in [-0.1, -0.05) is 37.3 Å². The van der Waals surface area contributed by atoms with Gasteiger partial charge in [0.15, 0.2) is 0 Å². The summed E-state index contributed by atoms with van der Waals surface area (Å²) in [5.41, 5.74) is 1.31. The number of benzene rings is 1. The number of imidazole rings is 1. The van der Waals surface area contributed by atoms with Gasteiger partial charge in [0.05, 0.1) is 0 Å². The number of hydrogen-bond donors (Lipinski definition) is 2. The molecule has 6 heteroatoms. The molecule has 2 amide bonds. The molecular formula is C19H27N5O. The lowest BCUT2D eigenvalue weighted by atomic mass is 10.1. The standard InChI is InChI=1S/C19H27N5O/c1-15-12-24(13-16-6-4-3-5-7-16)14-17(15)22-19(25)21-9-8-18-20-10-11-23(18)2/h3-7,10-11,15,17H,8-9,12-14H2,1-2H3,(H2,21,22,25)/t15-,17-/m0/s1. The zero-order valence-corrected chi connectivity index (χ0v) is 15.0. The van der Waals surface area contributed by atoms with Crippen molar-refractivity contribution in [3.63, 3.8) is 0 Å². The first-order chi connectivity index (χ1) is 12.1. The Hall–Kier alpha value is -2.34. The van der Waals surface area contributed by atoms with Crippen molar-refractivity contribution in [3.8, 4) is 0 Å². The summed E-state index contributed by atoms with van der Waals surface area (Å²) in [6.07, 6.45) is 4.42. The van der Waals surface area contributed by atoms with E-state index in [9.17, 15) is 4.79 Å². The number of carbonyl (C=O) groups is 1. The van der Waals surface area contributed by atoms with Gasteiger partial charge in [0.25, 0.3) is 0 Å². The lowest BCUT2D eigenvalue weighted by Crippen LogP contribution is -2.45. The van der Waals surface area contributed by atoms with Crippen molar-refractivity contribution < 1.29 is 4.79 Å². The number of aryl methyl sites for hydroxylation is 1. The van der Waals surface area contributed by atoms with Gasteiger partial charge in [0, 0.05) is 58.1 Å². The molecule has 2 aromatic rings. The minimum atomic E-state index is -0.0902. The summed E-state index contributed by atoms with van der Waals surface area (Å²) in [5, 5.41) is 6.06. The Morgan fingerprint density at radius 2 is 2.08 bits per heavy atom. The van der Waals surface area contributed by atoms with Crippen LogP contribution in [0.25, 0.3) is 0 Å². The van der Waals surface area contributed by atoms with Gasteiger partial charge in [-0.15, -0.1) is 0 Å². The third-order valence-electron chi connectivity index (χ3n) is 4.81. The molecule has 1 aromatic heterocycles. The van der Waals surface area contributed by atoms with E-state index in [0.717, 1.165) is 31.9 Å². The molecule has 2 heterocycles. The van der Waals surface area contributed by atoms with Crippen molar-refractivity contribution >= 4 is 6.03 Å². The highest BCUT2D eigenvalue weighted by molar-refractivity contribution is 5.74. The summed E-state index contributed by atoms with van der Waals surface area (Å²) in [4.78, 5) is 18.8. The predicted octanol–water partition coefficient (Wildman–Crippen LogP) is 1.78. The Balaban J connectivity index is 1.41. The van der Waals surface area contributed by atoms with Crippen LogP contribution in [0.3, 0.4) is 0 Å². The molecule has 2 N–H and O–H groups in total. The highest BCUT2D eigenvalue weighted by atomic mass is 16.2.